The Morgan fingerprint density at radius 1 is 1.20 bits per heavy atom. The molecule has 0 aliphatic heterocycles. The van der Waals surface area contributed by atoms with Crippen LogP contribution in [0.4, 0.5) is 5.82 Å². The highest BCUT2D eigenvalue weighted by Gasteiger charge is 2.20. The van der Waals surface area contributed by atoms with Crippen molar-refractivity contribution in [1.29, 1.82) is 0 Å². The number of anilines is 1. The summed E-state index contributed by atoms with van der Waals surface area (Å²) in [6.07, 6.45) is 2.86. The summed E-state index contributed by atoms with van der Waals surface area (Å²) in [5.41, 5.74) is 1.03. The third kappa shape index (κ3) is 3.60. The van der Waals surface area contributed by atoms with Crippen molar-refractivity contribution in [2.24, 2.45) is 0 Å². The van der Waals surface area contributed by atoms with Crippen molar-refractivity contribution in [3.05, 3.63) is 52.4 Å². The summed E-state index contributed by atoms with van der Waals surface area (Å²) in [6.45, 7) is 2.00. The van der Waals surface area contributed by atoms with Crippen molar-refractivity contribution in [1.82, 2.24) is 9.97 Å². The lowest BCUT2D eigenvalue weighted by Gasteiger charge is -2.24. The molecule has 2 aromatic rings. The minimum Gasteiger partial charge on any atom is -0.375 e. The van der Waals surface area contributed by atoms with Gasteiger partial charge in [0.1, 0.15) is 23.3 Å². The number of aromatic nitrogens is 2. The first-order valence-corrected chi connectivity index (χ1v) is 6.87. The molecule has 0 amide bonds. The van der Waals surface area contributed by atoms with Crippen LogP contribution in [-0.2, 0) is 4.74 Å². The van der Waals surface area contributed by atoms with Gasteiger partial charge in [-0.15, -0.1) is 0 Å². The lowest BCUT2D eigenvalue weighted by Crippen LogP contribution is -2.26. The van der Waals surface area contributed by atoms with Crippen molar-refractivity contribution >= 4 is 29.0 Å². The summed E-state index contributed by atoms with van der Waals surface area (Å²) < 4.78 is 5.56. The van der Waals surface area contributed by atoms with Gasteiger partial charge in [-0.3, -0.25) is 0 Å². The molecule has 0 aliphatic carbocycles. The molecule has 1 aromatic carbocycles. The molecular formula is C14H15Cl2N3O. The summed E-state index contributed by atoms with van der Waals surface area (Å²) in [5.74, 6) is 0.588. The molecule has 2 rings (SSSR count). The van der Waals surface area contributed by atoms with Gasteiger partial charge in [-0.2, -0.15) is 0 Å². The van der Waals surface area contributed by atoms with E-state index in [4.69, 9.17) is 27.9 Å². The second kappa shape index (κ2) is 6.88. The number of benzene rings is 1. The minimum absolute atomic E-state index is 0.0198. The summed E-state index contributed by atoms with van der Waals surface area (Å²) in [6, 6.07) is 7.54. The van der Waals surface area contributed by atoms with Gasteiger partial charge in [-0.25, -0.2) is 9.97 Å². The van der Waals surface area contributed by atoms with Crippen LogP contribution < -0.4 is 5.32 Å². The number of nitrogens with zero attached hydrogens (tertiary/aromatic N) is 2. The van der Waals surface area contributed by atoms with E-state index in [-0.39, 0.29) is 12.1 Å². The number of hydrogen-bond donors (Lipinski definition) is 1. The Kier molecular flexibility index (Phi) is 5.17. The topological polar surface area (TPSA) is 47.0 Å². The largest absolute Gasteiger partial charge is 0.375 e. The molecule has 20 heavy (non-hydrogen) atoms. The van der Waals surface area contributed by atoms with E-state index in [1.54, 1.807) is 13.3 Å². The third-order valence-electron chi connectivity index (χ3n) is 2.94. The predicted molar refractivity (Wildman–Crippen MR) is 81.3 cm³/mol. The highest BCUT2D eigenvalue weighted by Crippen LogP contribution is 2.26. The van der Waals surface area contributed by atoms with E-state index in [2.05, 4.69) is 15.3 Å². The van der Waals surface area contributed by atoms with Gasteiger partial charge >= 0.3 is 0 Å². The monoisotopic (exact) mass is 311 g/mol. The predicted octanol–water partition coefficient (Wildman–Crippen LogP) is 3.97. The molecule has 1 heterocycles. The zero-order valence-corrected chi connectivity index (χ0v) is 12.7. The van der Waals surface area contributed by atoms with Crippen molar-refractivity contribution in [3.63, 3.8) is 0 Å². The fraction of sp³-hybridized carbons (Fsp3) is 0.286. The lowest BCUT2D eigenvalue weighted by molar-refractivity contribution is 0.0907. The maximum atomic E-state index is 6.04. The summed E-state index contributed by atoms with van der Waals surface area (Å²) >= 11 is 11.9. The zero-order chi connectivity index (χ0) is 14.5. The summed E-state index contributed by atoms with van der Waals surface area (Å²) in [5, 5.41) is 4.41. The number of ether oxygens (including phenoxy) is 1. The molecule has 0 saturated heterocycles. The van der Waals surface area contributed by atoms with E-state index in [1.165, 1.54) is 6.33 Å². The molecule has 2 unspecified atom stereocenters. The molecule has 0 bridgehead atoms. The summed E-state index contributed by atoms with van der Waals surface area (Å²) in [7, 11) is 1.67. The Labute approximate surface area is 128 Å². The van der Waals surface area contributed by atoms with Crippen molar-refractivity contribution in [3.8, 4) is 0 Å². The molecule has 4 nitrogen and oxygen atoms in total. The molecule has 106 valence electrons. The van der Waals surface area contributed by atoms with Gasteiger partial charge in [0, 0.05) is 12.1 Å². The summed E-state index contributed by atoms with van der Waals surface area (Å²) in [4.78, 5) is 7.97. The Bertz CT molecular complexity index is 563. The van der Waals surface area contributed by atoms with Crippen LogP contribution in [0.3, 0.4) is 0 Å². The van der Waals surface area contributed by atoms with Crippen LogP contribution in [0.2, 0.25) is 10.0 Å². The van der Waals surface area contributed by atoms with Crippen molar-refractivity contribution in [2.45, 2.75) is 19.1 Å². The molecule has 2 atom stereocenters. The fourth-order valence-corrected chi connectivity index (χ4v) is 2.28. The molecular weight excluding hydrogens is 297 g/mol. The van der Waals surface area contributed by atoms with E-state index < -0.39 is 0 Å². The maximum absolute atomic E-state index is 6.04. The Hall–Kier alpha value is -1.36. The van der Waals surface area contributed by atoms with E-state index in [1.807, 2.05) is 31.2 Å². The Balaban J connectivity index is 2.15. The molecule has 0 spiro atoms. The number of rotatable bonds is 5. The van der Waals surface area contributed by atoms with Gasteiger partial charge in [0.2, 0.25) is 0 Å². The van der Waals surface area contributed by atoms with Gasteiger partial charge in [-0.1, -0.05) is 35.3 Å². The van der Waals surface area contributed by atoms with E-state index in [0.717, 1.165) is 5.56 Å². The SMILES string of the molecule is COC(c1ccc(Cl)cc1)C(C)Nc1ncncc1Cl. The highest BCUT2D eigenvalue weighted by atomic mass is 35.5. The highest BCUT2D eigenvalue weighted by molar-refractivity contribution is 6.32. The van der Waals surface area contributed by atoms with Gasteiger partial charge in [-0.05, 0) is 24.6 Å². The number of halogens is 2. The lowest BCUT2D eigenvalue weighted by atomic mass is 10.0. The molecule has 1 aromatic heterocycles. The molecule has 0 aliphatic rings. The number of hydrogen-bond acceptors (Lipinski definition) is 4. The molecule has 0 fully saturated rings. The first-order chi connectivity index (χ1) is 9.61. The average molecular weight is 312 g/mol. The number of nitrogens with one attached hydrogen (secondary N) is 1. The van der Waals surface area contributed by atoms with Crippen molar-refractivity contribution < 1.29 is 4.74 Å². The van der Waals surface area contributed by atoms with Crippen LogP contribution >= 0.6 is 23.2 Å². The van der Waals surface area contributed by atoms with Gasteiger partial charge in [0.25, 0.3) is 0 Å². The van der Waals surface area contributed by atoms with Crippen LogP contribution in [0.15, 0.2) is 36.8 Å². The van der Waals surface area contributed by atoms with Crippen molar-refractivity contribution in [2.75, 3.05) is 12.4 Å². The van der Waals surface area contributed by atoms with Crippen LogP contribution in [-0.4, -0.2) is 23.1 Å². The van der Waals surface area contributed by atoms with Crippen LogP contribution in [0.25, 0.3) is 0 Å². The van der Waals surface area contributed by atoms with E-state index >= 15 is 0 Å². The van der Waals surface area contributed by atoms with Gasteiger partial charge in [0.15, 0.2) is 0 Å². The normalized spacial score (nSPS) is 13.8. The van der Waals surface area contributed by atoms with Gasteiger partial charge in [0.05, 0.1) is 12.2 Å². The van der Waals surface area contributed by atoms with Crippen LogP contribution in [0.5, 0.6) is 0 Å². The second-order valence-electron chi connectivity index (χ2n) is 4.36. The molecule has 0 radical (unpaired) electrons. The Morgan fingerprint density at radius 2 is 1.90 bits per heavy atom. The Morgan fingerprint density at radius 3 is 2.50 bits per heavy atom. The average Bonchev–Trinajstić information content (AvgIpc) is 2.44. The van der Waals surface area contributed by atoms with E-state index in [0.29, 0.717) is 15.9 Å². The first kappa shape index (κ1) is 15.0. The quantitative estimate of drug-likeness (QED) is 0.907. The standard InChI is InChI=1S/C14H15Cl2N3O/c1-9(19-14-12(16)7-17-8-18-14)13(20-2)10-3-5-11(15)6-4-10/h3-9,13H,1-2H3,(H,17,18,19). The third-order valence-corrected chi connectivity index (χ3v) is 3.47. The molecule has 0 saturated carbocycles. The van der Waals surface area contributed by atoms with Crippen LogP contribution in [0.1, 0.15) is 18.6 Å². The fourth-order valence-electron chi connectivity index (χ4n) is 1.99. The second-order valence-corrected chi connectivity index (χ2v) is 5.20. The maximum Gasteiger partial charge on any atom is 0.148 e. The van der Waals surface area contributed by atoms with Gasteiger partial charge < -0.3 is 10.1 Å². The smallest absolute Gasteiger partial charge is 0.148 e. The molecule has 1 N–H and O–H groups in total. The van der Waals surface area contributed by atoms with E-state index in [9.17, 15) is 0 Å². The zero-order valence-electron chi connectivity index (χ0n) is 11.2. The number of methoxy groups -OCH3 is 1. The molecule has 6 heteroatoms. The van der Waals surface area contributed by atoms with Crippen LogP contribution in [0, 0.1) is 0 Å². The first-order valence-electron chi connectivity index (χ1n) is 6.12. The minimum atomic E-state index is -0.140.